The van der Waals surface area contributed by atoms with Crippen molar-refractivity contribution in [3.05, 3.63) is 66.1 Å². The first-order valence-electron chi connectivity index (χ1n) is 10.5. The highest BCUT2D eigenvalue weighted by atomic mass is 32.2. The van der Waals surface area contributed by atoms with Gasteiger partial charge in [-0.3, -0.25) is 9.78 Å². The lowest BCUT2D eigenvalue weighted by Crippen LogP contribution is -2.60. The molecule has 0 aliphatic carbocycles. The number of ether oxygens (including phenoxy) is 1. The molecule has 1 unspecified atom stereocenters. The molecule has 2 fully saturated rings. The molecule has 4 heterocycles. The van der Waals surface area contributed by atoms with Gasteiger partial charge in [0.1, 0.15) is 5.69 Å². The lowest BCUT2D eigenvalue weighted by atomic mass is 9.92. The van der Waals surface area contributed by atoms with E-state index in [4.69, 9.17) is 14.6 Å². The van der Waals surface area contributed by atoms with Gasteiger partial charge in [-0.15, -0.1) is 11.8 Å². The molecule has 0 bridgehead atoms. The van der Waals surface area contributed by atoms with Crippen LogP contribution in [-0.4, -0.2) is 67.7 Å². The van der Waals surface area contributed by atoms with E-state index < -0.39 is 12.1 Å². The van der Waals surface area contributed by atoms with Crippen molar-refractivity contribution in [2.75, 3.05) is 18.8 Å². The normalized spacial score (nSPS) is 18.9. The van der Waals surface area contributed by atoms with Crippen molar-refractivity contribution in [1.82, 2.24) is 14.9 Å². The second kappa shape index (κ2) is 9.67. The van der Waals surface area contributed by atoms with Crippen molar-refractivity contribution >= 4 is 34.5 Å². The van der Waals surface area contributed by atoms with E-state index >= 15 is 0 Å². The number of alkyl halides is 3. The van der Waals surface area contributed by atoms with Crippen molar-refractivity contribution < 1.29 is 32.6 Å². The van der Waals surface area contributed by atoms with Gasteiger partial charge in [0.25, 0.3) is 5.91 Å². The standard InChI is InChI=1S/C21H21N3O2S.C2HF3O2/c25-20(19-9-16-3-1-2-4-18(16)23-19)24-13-21(14-24)10-17(12-27-21)26-11-15-5-7-22-8-6-15;3-2(4,5)1(6)7/h1-9,17,23H,10-14H2;(H,6,7). The molecule has 1 aromatic carbocycles. The van der Waals surface area contributed by atoms with Crippen LogP contribution in [0.15, 0.2) is 54.9 Å². The highest BCUT2D eigenvalue weighted by molar-refractivity contribution is 8.01. The number of carboxylic acids is 1. The molecule has 2 N–H and O–H groups in total. The van der Waals surface area contributed by atoms with Crippen LogP contribution in [0.25, 0.3) is 10.9 Å². The third-order valence-electron chi connectivity index (χ3n) is 5.66. The van der Waals surface area contributed by atoms with E-state index in [1.54, 1.807) is 12.4 Å². The monoisotopic (exact) mass is 493 g/mol. The third-order valence-corrected chi connectivity index (χ3v) is 7.23. The number of aromatic amines is 1. The number of hydrogen-bond acceptors (Lipinski definition) is 5. The minimum atomic E-state index is -5.08. The van der Waals surface area contributed by atoms with Crippen molar-refractivity contribution in [3.63, 3.8) is 0 Å². The molecule has 5 rings (SSSR count). The van der Waals surface area contributed by atoms with Crippen molar-refractivity contribution in [1.29, 1.82) is 0 Å². The van der Waals surface area contributed by atoms with E-state index in [9.17, 15) is 18.0 Å². The minimum absolute atomic E-state index is 0.0959. The average Bonchev–Trinajstić information content (AvgIpc) is 3.41. The molecule has 1 spiro atoms. The van der Waals surface area contributed by atoms with Gasteiger partial charge in [0, 0.05) is 42.1 Å². The summed E-state index contributed by atoms with van der Waals surface area (Å²) in [5.41, 5.74) is 2.84. The minimum Gasteiger partial charge on any atom is -0.475 e. The number of hydrogen-bond donors (Lipinski definition) is 2. The molecule has 3 aromatic rings. The van der Waals surface area contributed by atoms with Crippen LogP contribution in [0.3, 0.4) is 0 Å². The van der Waals surface area contributed by atoms with Gasteiger partial charge in [0.2, 0.25) is 0 Å². The fraction of sp³-hybridized carbons (Fsp3) is 0.348. The smallest absolute Gasteiger partial charge is 0.475 e. The Labute approximate surface area is 197 Å². The number of H-pyrrole nitrogens is 1. The summed E-state index contributed by atoms with van der Waals surface area (Å²) in [6, 6.07) is 13.9. The van der Waals surface area contributed by atoms with Crippen LogP contribution >= 0.6 is 11.8 Å². The quantitative estimate of drug-likeness (QED) is 0.568. The van der Waals surface area contributed by atoms with E-state index in [1.165, 1.54) is 0 Å². The topological polar surface area (TPSA) is 95.5 Å². The largest absolute Gasteiger partial charge is 0.490 e. The molecule has 2 aliphatic heterocycles. The zero-order valence-electron chi connectivity index (χ0n) is 17.9. The highest BCUT2D eigenvalue weighted by Crippen LogP contribution is 2.46. The number of carbonyl (C=O) groups is 2. The molecule has 7 nitrogen and oxygen atoms in total. The molecule has 2 saturated heterocycles. The van der Waals surface area contributed by atoms with E-state index in [-0.39, 0.29) is 16.8 Å². The number of thioether (sulfide) groups is 1. The second-order valence-electron chi connectivity index (χ2n) is 8.22. The Morgan fingerprint density at radius 1 is 1.21 bits per heavy atom. The Balaban J connectivity index is 0.000000344. The van der Waals surface area contributed by atoms with Gasteiger partial charge in [0.05, 0.1) is 17.5 Å². The Hall–Kier alpha value is -3.05. The van der Waals surface area contributed by atoms with E-state index in [2.05, 4.69) is 9.97 Å². The summed E-state index contributed by atoms with van der Waals surface area (Å²) >= 11 is 1.95. The number of nitrogens with one attached hydrogen (secondary N) is 1. The van der Waals surface area contributed by atoms with Crippen LogP contribution in [0.2, 0.25) is 0 Å². The van der Waals surface area contributed by atoms with Crippen LogP contribution in [0.4, 0.5) is 13.2 Å². The molecule has 0 saturated carbocycles. The van der Waals surface area contributed by atoms with Gasteiger partial charge in [-0.2, -0.15) is 13.2 Å². The molecule has 1 atom stereocenters. The predicted octanol–water partition coefficient (Wildman–Crippen LogP) is 4.11. The molecule has 0 radical (unpaired) electrons. The number of fused-ring (bicyclic) bond motifs is 1. The molecular formula is C23H22F3N3O4S. The average molecular weight is 494 g/mol. The van der Waals surface area contributed by atoms with Gasteiger partial charge in [-0.1, -0.05) is 18.2 Å². The highest BCUT2D eigenvalue weighted by Gasteiger charge is 2.51. The lowest BCUT2D eigenvalue weighted by Gasteiger charge is -2.47. The summed E-state index contributed by atoms with van der Waals surface area (Å²) in [5.74, 6) is -1.66. The number of rotatable bonds is 4. The Morgan fingerprint density at radius 2 is 1.88 bits per heavy atom. The van der Waals surface area contributed by atoms with Gasteiger partial charge in [-0.05, 0) is 36.2 Å². The first kappa shape index (κ1) is 24.1. The zero-order valence-corrected chi connectivity index (χ0v) is 18.7. The van der Waals surface area contributed by atoms with Gasteiger partial charge in [-0.25, -0.2) is 4.79 Å². The molecule has 34 heavy (non-hydrogen) atoms. The van der Waals surface area contributed by atoms with E-state index in [0.29, 0.717) is 12.3 Å². The van der Waals surface area contributed by atoms with Crippen LogP contribution < -0.4 is 0 Å². The number of halogens is 3. The summed E-state index contributed by atoms with van der Waals surface area (Å²) in [6.45, 7) is 2.24. The molecule has 1 amide bonds. The number of para-hydroxylation sites is 1. The molecule has 2 aromatic heterocycles. The molecule has 11 heteroatoms. The second-order valence-corrected chi connectivity index (χ2v) is 9.71. The van der Waals surface area contributed by atoms with Gasteiger partial charge in [0.15, 0.2) is 0 Å². The van der Waals surface area contributed by atoms with Crippen molar-refractivity contribution in [3.8, 4) is 0 Å². The Morgan fingerprint density at radius 3 is 2.53 bits per heavy atom. The molecule has 2 aliphatic rings. The number of carbonyl (C=O) groups excluding carboxylic acids is 1. The first-order valence-corrected chi connectivity index (χ1v) is 11.5. The van der Waals surface area contributed by atoms with Crippen molar-refractivity contribution in [2.45, 2.75) is 30.1 Å². The number of aromatic nitrogens is 2. The summed E-state index contributed by atoms with van der Waals surface area (Å²) in [6.07, 6.45) is -0.223. The summed E-state index contributed by atoms with van der Waals surface area (Å²) in [5, 5.41) is 8.20. The SMILES string of the molecule is O=C(O)C(F)(F)F.O=C(c1cc2ccccc2[nH]1)N1CC2(CC(OCc3ccncc3)CS2)C1. The van der Waals surface area contributed by atoms with E-state index in [1.807, 2.05) is 59.1 Å². The number of benzene rings is 1. The van der Waals surface area contributed by atoms with Crippen LogP contribution in [0, 0.1) is 0 Å². The lowest BCUT2D eigenvalue weighted by molar-refractivity contribution is -0.192. The number of likely N-dealkylation sites (tertiary alicyclic amines) is 1. The first-order chi connectivity index (χ1) is 16.2. The number of carboxylic acid groups (broad SMARTS) is 1. The molecular weight excluding hydrogens is 471 g/mol. The summed E-state index contributed by atoms with van der Waals surface area (Å²) < 4.78 is 38.0. The maximum atomic E-state index is 12.8. The number of pyridine rings is 1. The van der Waals surface area contributed by atoms with Crippen molar-refractivity contribution in [2.24, 2.45) is 0 Å². The summed E-state index contributed by atoms with van der Waals surface area (Å²) in [7, 11) is 0. The number of nitrogens with zero attached hydrogens (tertiary/aromatic N) is 2. The summed E-state index contributed by atoms with van der Waals surface area (Å²) in [4.78, 5) is 30.9. The third kappa shape index (κ3) is 5.53. The van der Waals surface area contributed by atoms with Gasteiger partial charge < -0.3 is 19.7 Å². The Bertz CT molecular complexity index is 1130. The predicted molar refractivity (Wildman–Crippen MR) is 121 cm³/mol. The maximum absolute atomic E-state index is 12.8. The number of amides is 1. The fourth-order valence-electron chi connectivity index (χ4n) is 3.97. The Kier molecular flexibility index (Phi) is 6.85. The van der Waals surface area contributed by atoms with Crippen LogP contribution in [0.1, 0.15) is 22.5 Å². The molecule has 180 valence electrons. The van der Waals surface area contributed by atoms with Crippen LogP contribution in [0.5, 0.6) is 0 Å². The van der Waals surface area contributed by atoms with Gasteiger partial charge >= 0.3 is 12.1 Å². The zero-order chi connectivity index (χ0) is 24.3. The maximum Gasteiger partial charge on any atom is 0.490 e. The van der Waals surface area contributed by atoms with Crippen LogP contribution in [-0.2, 0) is 16.1 Å². The van der Waals surface area contributed by atoms with E-state index in [0.717, 1.165) is 41.7 Å². The fourth-order valence-corrected chi connectivity index (χ4v) is 5.53. The number of aliphatic carboxylic acids is 1.